The Morgan fingerprint density at radius 2 is 2.08 bits per heavy atom. The average molecular weight is 343 g/mol. The number of carbonyl (C=O) groups excluding carboxylic acids is 1. The summed E-state index contributed by atoms with van der Waals surface area (Å²) in [4.78, 5) is 14.1. The topological polar surface area (TPSA) is 78.5 Å². The number of hydrogen-bond acceptors (Lipinski definition) is 4. The molecule has 1 amide bonds. The van der Waals surface area contributed by atoms with E-state index < -0.39 is 6.10 Å². The van der Waals surface area contributed by atoms with E-state index in [9.17, 15) is 9.90 Å². The van der Waals surface area contributed by atoms with E-state index in [0.29, 0.717) is 25.3 Å². The van der Waals surface area contributed by atoms with Crippen LogP contribution in [0, 0.1) is 26.7 Å². The van der Waals surface area contributed by atoms with Crippen molar-refractivity contribution in [2.75, 3.05) is 19.7 Å². The number of aliphatic hydroxyl groups excluding tert-OH is 1. The Morgan fingerprint density at radius 3 is 2.76 bits per heavy atom. The first-order valence-electron chi connectivity index (χ1n) is 8.59. The summed E-state index contributed by atoms with van der Waals surface area (Å²) in [6.07, 6.45) is 0.135. The van der Waals surface area contributed by atoms with Crippen LogP contribution in [0.15, 0.2) is 24.3 Å². The predicted molar refractivity (Wildman–Crippen MR) is 94.5 cm³/mol. The van der Waals surface area contributed by atoms with Crippen LogP contribution in [0.2, 0.25) is 0 Å². The highest BCUT2D eigenvalue weighted by atomic mass is 16.5. The summed E-state index contributed by atoms with van der Waals surface area (Å²) in [7, 11) is 0. The molecule has 1 aliphatic rings. The third-order valence-electron chi connectivity index (χ3n) is 4.83. The number of rotatable bonds is 5. The molecule has 0 saturated carbocycles. The number of hydrogen-bond donors (Lipinski definition) is 2. The van der Waals surface area contributed by atoms with Crippen molar-refractivity contribution in [3.8, 4) is 5.75 Å². The zero-order valence-electron chi connectivity index (χ0n) is 15.0. The van der Waals surface area contributed by atoms with Crippen molar-refractivity contribution >= 4 is 5.91 Å². The summed E-state index contributed by atoms with van der Waals surface area (Å²) in [5.41, 5.74) is 4.24. The molecule has 1 aromatic carbocycles. The number of benzene rings is 1. The van der Waals surface area contributed by atoms with E-state index in [-0.39, 0.29) is 18.4 Å². The lowest BCUT2D eigenvalue weighted by molar-refractivity contribution is -0.132. The fourth-order valence-corrected chi connectivity index (χ4v) is 3.15. The number of aromatic nitrogens is 2. The number of carbonyl (C=O) groups is 1. The molecule has 3 rings (SSSR count). The SMILES string of the molecule is Cc1cc(C[C@@H]2CN(C(=O)COc3ccc(C)c(C)c3)C[C@H]2O)n[nH]1. The molecule has 2 atom stereocenters. The van der Waals surface area contributed by atoms with Crippen molar-refractivity contribution in [3.63, 3.8) is 0 Å². The van der Waals surface area contributed by atoms with Gasteiger partial charge in [0.1, 0.15) is 5.75 Å². The maximum atomic E-state index is 12.4. The van der Waals surface area contributed by atoms with Crippen LogP contribution in [0.4, 0.5) is 0 Å². The van der Waals surface area contributed by atoms with E-state index in [1.165, 1.54) is 5.56 Å². The van der Waals surface area contributed by atoms with Crippen LogP contribution >= 0.6 is 0 Å². The van der Waals surface area contributed by atoms with E-state index in [0.717, 1.165) is 17.0 Å². The van der Waals surface area contributed by atoms with Crippen LogP contribution in [-0.4, -0.2) is 51.9 Å². The molecule has 1 aromatic heterocycles. The number of amides is 1. The standard InChI is InChI=1S/C19H25N3O3/c1-12-4-5-17(6-13(12)2)25-11-19(24)22-9-15(18(23)10-22)8-16-7-14(3)20-21-16/h4-7,15,18,23H,8-11H2,1-3H3,(H,20,21)/t15-,18-/m1/s1. The molecule has 1 saturated heterocycles. The number of aryl methyl sites for hydroxylation is 3. The van der Waals surface area contributed by atoms with Crippen molar-refractivity contribution in [2.24, 2.45) is 5.92 Å². The Hall–Kier alpha value is -2.34. The highest BCUT2D eigenvalue weighted by Crippen LogP contribution is 2.22. The van der Waals surface area contributed by atoms with Gasteiger partial charge in [-0.15, -0.1) is 0 Å². The summed E-state index contributed by atoms with van der Waals surface area (Å²) in [5.74, 6) is 0.603. The molecule has 0 unspecified atom stereocenters. The fraction of sp³-hybridized carbons (Fsp3) is 0.474. The van der Waals surface area contributed by atoms with Crippen LogP contribution in [0.25, 0.3) is 0 Å². The Bertz CT molecular complexity index is 756. The maximum absolute atomic E-state index is 12.4. The first kappa shape index (κ1) is 17.5. The zero-order chi connectivity index (χ0) is 18.0. The molecule has 134 valence electrons. The third-order valence-corrected chi connectivity index (χ3v) is 4.83. The molecule has 1 fully saturated rings. The van der Waals surface area contributed by atoms with Crippen LogP contribution < -0.4 is 4.74 Å². The number of aromatic amines is 1. The van der Waals surface area contributed by atoms with E-state index >= 15 is 0 Å². The predicted octanol–water partition coefficient (Wildman–Crippen LogP) is 1.78. The highest BCUT2D eigenvalue weighted by molar-refractivity contribution is 5.78. The van der Waals surface area contributed by atoms with Gasteiger partial charge < -0.3 is 14.7 Å². The van der Waals surface area contributed by atoms with Crippen LogP contribution in [0.3, 0.4) is 0 Å². The van der Waals surface area contributed by atoms with Crippen molar-refractivity contribution in [1.29, 1.82) is 0 Å². The van der Waals surface area contributed by atoms with Gasteiger partial charge in [0.05, 0.1) is 11.8 Å². The molecule has 6 nitrogen and oxygen atoms in total. The van der Waals surface area contributed by atoms with Crippen LogP contribution in [-0.2, 0) is 11.2 Å². The van der Waals surface area contributed by atoms with Gasteiger partial charge in [-0.3, -0.25) is 9.89 Å². The van der Waals surface area contributed by atoms with E-state index in [1.54, 1.807) is 4.90 Å². The summed E-state index contributed by atoms with van der Waals surface area (Å²) in [5, 5.41) is 17.4. The minimum absolute atomic E-state index is 0.00766. The minimum atomic E-state index is -0.525. The summed E-state index contributed by atoms with van der Waals surface area (Å²) >= 11 is 0. The molecule has 0 aliphatic carbocycles. The summed E-state index contributed by atoms with van der Waals surface area (Å²) < 4.78 is 5.62. The van der Waals surface area contributed by atoms with Gasteiger partial charge in [-0.05, 0) is 56.5 Å². The van der Waals surface area contributed by atoms with Crippen LogP contribution in [0.5, 0.6) is 5.75 Å². The number of nitrogens with zero attached hydrogens (tertiary/aromatic N) is 2. The molecule has 0 radical (unpaired) electrons. The second kappa shape index (κ2) is 7.27. The van der Waals surface area contributed by atoms with Crippen molar-refractivity contribution in [3.05, 3.63) is 46.8 Å². The average Bonchev–Trinajstić information content (AvgIpc) is 3.15. The number of aliphatic hydroxyl groups is 1. The van der Waals surface area contributed by atoms with E-state index in [4.69, 9.17) is 4.74 Å². The molecule has 2 heterocycles. The van der Waals surface area contributed by atoms with Crippen molar-refractivity contribution in [2.45, 2.75) is 33.3 Å². The third kappa shape index (κ3) is 4.20. The molecular formula is C19H25N3O3. The van der Waals surface area contributed by atoms with Crippen molar-refractivity contribution in [1.82, 2.24) is 15.1 Å². The van der Waals surface area contributed by atoms with Gasteiger partial charge in [0, 0.05) is 24.7 Å². The molecule has 25 heavy (non-hydrogen) atoms. The molecule has 2 N–H and O–H groups in total. The fourth-order valence-electron chi connectivity index (χ4n) is 3.15. The number of likely N-dealkylation sites (tertiary alicyclic amines) is 1. The Kier molecular flexibility index (Phi) is 5.08. The van der Waals surface area contributed by atoms with Gasteiger partial charge in [0.25, 0.3) is 5.91 Å². The van der Waals surface area contributed by atoms with E-state index in [1.807, 2.05) is 45.0 Å². The van der Waals surface area contributed by atoms with Gasteiger partial charge in [-0.1, -0.05) is 6.07 Å². The number of β-amino-alcohol motifs (C(OH)–C–C–N with tert-alkyl or cyclic N) is 1. The van der Waals surface area contributed by atoms with Gasteiger partial charge in [-0.2, -0.15) is 5.10 Å². The van der Waals surface area contributed by atoms with Gasteiger partial charge in [-0.25, -0.2) is 0 Å². The Morgan fingerprint density at radius 1 is 1.28 bits per heavy atom. The number of ether oxygens (including phenoxy) is 1. The lowest BCUT2D eigenvalue weighted by Gasteiger charge is -2.16. The molecule has 6 heteroatoms. The first-order valence-corrected chi connectivity index (χ1v) is 8.59. The van der Waals surface area contributed by atoms with Gasteiger partial charge in [0.15, 0.2) is 6.61 Å². The van der Waals surface area contributed by atoms with E-state index in [2.05, 4.69) is 10.2 Å². The number of H-pyrrole nitrogens is 1. The monoisotopic (exact) mass is 343 g/mol. The summed E-state index contributed by atoms with van der Waals surface area (Å²) in [6.45, 7) is 6.87. The van der Waals surface area contributed by atoms with Gasteiger partial charge >= 0.3 is 0 Å². The van der Waals surface area contributed by atoms with Crippen LogP contribution in [0.1, 0.15) is 22.5 Å². The minimum Gasteiger partial charge on any atom is -0.484 e. The zero-order valence-corrected chi connectivity index (χ0v) is 15.0. The molecular weight excluding hydrogens is 318 g/mol. The molecule has 0 spiro atoms. The highest BCUT2D eigenvalue weighted by Gasteiger charge is 2.34. The number of nitrogens with one attached hydrogen (secondary N) is 1. The summed E-state index contributed by atoms with van der Waals surface area (Å²) in [6, 6.07) is 7.76. The molecule has 1 aliphatic heterocycles. The molecule has 0 bridgehead atoms. The van der Waals surface area contributed by atoms with Gasteiger partial charge in [0.2, 0.25) is 0 Å². The second-order valence-corrected chi connectivity index (χ2v) is 6.91. The normalized spacial score (nSPS) is 20.1. The lowest BCUT2D eigenvalue weighted by Crippen LogP contribution is -2.33. The Labute approximate surface area is 147 Å². The van der Waals surface area contributed by atoms with Crippen molar-refractivity contribution < 1.29 is 14.6 Å². The second-order valence-electron chi connectivity index (χ2n) is 6.91. The molecule has 2 aromatic rings. The quantitative estimate of drug-likeness (QED) is 0.867. The smallest absolute Gasteiger partial charge is 0.260 e. The maximum Gasteiger partial charge on any atom is 0.260 e. The first-order chi connectivity index (χ1) is 11.9. The lowest BCUT2D eigenvalue weighted by atomic mass is 10.0. The Balaban J connectivity index is 1.53. The largest absolute Gasteiger partial charge is 0.484 e.